The second-order valence-corrected chi connectivity index (χ2v) is 7.00. The van der Waals surface area contributed by atoms with Gasteiger partial charge in [-0.2, -0.15) is 0 Å². The highest BCUT2D eigenvalue weighted by Crippen LogP contribution is 2.21. The van der Waals surface area contributed by atoms with Crippen LogP contribution in [0, 0.1) is 18.6 Å². The Bertz CT molecular complexity index is 1330. The Morgan fingerprint density at radius 1 is 0.966 bits per heavy atom. The van der Waals surface area contributed by atoms with E-state index in [2.05, 4.69) is 4.98 Å². The monoisotopic (exact) mass is 408 g/mol. The molecule has 4 rings (SSSR count). The van der Waals surface area contributed by atoms with Gasteiger partial charge < -0.3 is 0 Å². The molecule has 0 bridgehead atoms. The maximum atomic E-state index is 13.5. The van der Waals surface area contributed by atoms with Crippen LogP contribution < -0.4 is 5.56 Å². The SMILES string of the molecule is Cc1cc(Cl)ccc1-n1c(C=Cc2ccc(F)c(F)c2)nc2ccccc2c1=O. The van der Waals surface area contributed by atoms with Gasteiger partial charge in [0.25, 0.3) is 5.56 Å². The number of rotatable bonds is 3. The van der Waals surface area contributed by atoms with Crippen molar-refractivity contribution < 1.29 is 8.78 Å². The van der Waals surface area contributed by atoms with Crippen LogP contribution in [0.5, 0.6) is 0 Å². The summed E-state index contributed by atoms with van der Waals surface area (Å²) < 4.78 is 28.2. The highest BCUT2D eigenvalue weighted by molar-refractivity contribution is 6.30. The molecule has 29 heavy (non-hydrogen) atoms. The lowest BCUT2D eigenvalue weighted by Gasteiger charge is -2.14. The number of para-hydroxylation sites is 1. The van der Waals surface area contributed by atoms with Crippen LogP contribution in [0.2, 0.25) is 5.02 Å². The molecule has 0 unspecified atom stereocenters. The van der Waals surface area contributed by atoms with Crippen molar-refractivity contribution in [1.82, 2.24) is 9.55 Å². The summed E-state index contributed by atoms with van der Waals surface area (Å²) in [6.07, 6.45) is 3.19. The molecule has 0 radical (unpaired) electrons. The molecule has 0 aliphatic carbocycles. The highest BCUT2D eigenvalue weighted by atomic mass is 35.5. The van der Waals surface area contributed by atoms with Crippen LogP contribution in [0.4, 0.5) is 8.78 Å². The second kappa shape index (κ2) is 7.60. The lowest BCUT2D eigenvalue weighted by Crippen LogP contribution is -2.23. The number of fused-ring (bicyclic) bond motifs is 1. The van der Waals surface area contributed by atoms with Gasteiger partial charge in [-0.05, 0) is 66.6 Å². The van der Waals surface area contributed by atoms with E-state index in [0.717, 1.165) is 17.7 Å². The fraction of sp³-hybridized carbons (Fsp3) is 0.0435. The van der Waals surface area contributed by atoms with E-state index in [0.29, 0.717) is 33.0 Å². The predicted molar refractivity (Wildman–Crippen MR) is 112 cm³/mol. The summed E-state index contributed by atoms with van der Waals surface area (Å²) in [5.41, 5.74) is 2.21. The highest BCUT2D eigenvalue weighted by Gasteiger charge is 2.13. The summed E-state index contributed by atoms with van der Waals surface area (Å²) in [6, 6.07) is 15.9. The molecule has 0 saturated carbocycles. The largest absolute Gasteiger partial charge is 0.268 e. The van der Waals surface area contributed by atoms with Crippen LogP contribution in [0.3, 0.4) is 0 Å². The summed E-state index contributed by atoms with van der Waals surface area (Å²) in [5, 5.41) is 1.04. The fourth-order valence-electron chi connectivity index (χ4n) is 3.15. The van der Waals surface area contributed by atoms with Crippen molar-refractivity contribution in [1.29, 1.82) is 0 Å². The van der Waals surface area contributed by atoms with E-state index in [1.54, 1.807) is 54.6 Å². The van der Waals surface area contributed by atoms with E-state index < -0.39 is 11.6 Å². The first-order chi connectivity index (χ1) is 13.9. The fourth-order valence-corrected chi connectivity index (χ4v) is 3.38. The molecule has 1 heterocycles. The molecule has 6 heteroatoms. The van der Waals surface area contributed by atoms with Crippen LogP contribution in [0.15, 0.2) is 65.5 Å². The third-order valence-electron chi connectivity index (χ3n) is 4.57. The molecule has 3 aromatic carbocycles. The summed E-state index contributed by atoms with van der Waals surface area (Å²) >= 11 is 6.06. The maximum Gasteiger partial charge on any atom is 0.266 e. The van der Waals surface area contributed by atoms with Gasteiger partial charge in [0.05, 0.1) is 16.6 Å². The van der Waals surface area contributed by atoms with Crippen LogP contribution in [0.25, 0.3) is 28.7 Å². The van der Waals surface area contributed by atoms with E-state index in [9.17, 15) is 13.6 Å². The molecule has 144 valence electrons. The Hall–Kier alpha value is -3.31. The average molecular weight is 409 g/mol. The lowest BCUT2D eigenvalue weighted by atomic mass is 10.1. The van der Waals surface area contributed by atoms with Gasteiger partial charge in [0.15, 0.2) is 11.6 Å². The third-order valence-corrected chi connectivity index (χ3v) is 4.81. The van der Waals surface area contributed by atoms with E-state index >= 15 is 0 Å². The van der Waals surface area contributed by atoms with E-state index in [-0.39, 0.29) is 5.56 Å². The third kappa shape index (κ3) is 3.69. The van der Waals surface area contributed by atoms with Crippen LogP contribution >= 0.6 is 11.6 Å². The Labute approximate surface area is 170 Å². The molecule has 0 amide bonds. The first-order valence-corrected chi connectivity index (χ1v) is 9.23. The minimum absolute atomic E-state index is 0.231. The molecule has 0 aliphatic rings. The second-order valence-electron chi connectivity index (χ2n) is 6.57. The van der Waals surface area contributed by atoms with Crippen molar-refractivity contribution in [3.63, 3.8) is 0 Å². The molecular weight excluding hydrogens is 394 g/mol. The molecule has 4 aromatic rings. The number of nitrogens with zero attached hydrogens (tertiary/aromatic N) is 2. The normalized spacial score (nSPS) is 11.4. The van der Waals surface area contributed by atoms with Crippen LogP contribution in [0.1, 0.15) is 17.0 Å². The minimum atomic E-state index is -0.940. The number of hydrogen-bond donors (Lipinski definition) is 0. The Morgan fingerprint density at radius 2 is 1.76 bits per heavy atom. The topological polar surface area (TPSA) is 34.9 Å². The zero-order chi connectivity index (χ0) is 20.5. The molecule has 0 spiro atoms. The van der Waals surface area contributed by atoms with E-state index in [1.807, 2.05) is 6.92 Å². The molecule has 1 aromatic heterocycles. The maximum absolute atomic E-state index is 13.5. The van der Waals surface area contributed by atoms with Crippen molar-refractivity contribution in [2.24, 2.45) is 0 Å². The summed E-state index contributed by atoms with van der Waals surface area (Å²) in [5.74, 6) is -1.49. The van der Waals surface area contributed by atoms with E-state index in [4.69, 9.17) is 11.6 Å². The van der Waals surface area contributed by atoms with Gasteiger partial charge in [-0.25, -0.2) is 13.8 Å². The molecular formula is C23H15ClF2N2O. The van der Waals surface area contributed by atoms with Gasteiger partial charge >= 0.3 is 0 Å². The molecule has 0 atom stereocenters. The van der Waals surface area contributed by atoms with Crippen molar-refractivity contribution in [3.8, 4) is 5.69 Å². The standard InChI is InChI=1S/C23H15ClF2N2O/c1-14-12-16(24)8-10-21(14)28-22(11-7-15-6-9-18(25)19(26)13-15)27-20-5-3-2-4-17(20)23(28)29/h2-13H,1H3. The molecule has 3 nitrogen and oxygen atoms in total. The van der Waals surface area contributed by atoms with E-state index in [1.165, 1.54) is 10.6 Å². The first kappa shape index (κ1) is 19.0. The van der Waals surface area contributed by atoms with Crippen molar-refractivity contribution in [2.75, 3.05) is 0 Å². The minimum Gasteiger partial charge on any atom is -0.268 e. The Balaban J connectivity index is 1.95. The number of halogens is 3. The lowest BCUT2D eigenvalue weighted by molar-refractivity contribution is 0.508. The van der Waals surface area contributed by atoms with Crippen molar-refractivity contribution in [3.05, 3.63) is 105 Å². The first-order valence-electron chi connectivity index (χ1n) is 8.85. The van der Waals surface area contributed by atoms with Gasteiger partial charge in [-0.15, -0.1) is 0 Å². The van der Waals surface area contributed by atoms with Gasteiger partial charge in [-0.3, -0.25) is 9.36 Å². The van der Waals surface area contributed by atoms with Gasteiger partial charge in [0, 0.05) is 5.02 Å². The van der Waals surface area contributed by atoms with Crippen LogP contribution in [-0.2, 0) is 0 Å². The zero-order valence-electron chi connectivity index (χ0n) is 15.4. The summed E-state index contributed by atoms with van der Waals surface area (Å²) in [7, 11) is 0. The number of aromatic nitrogens is 2. The Kier molecular flexibility index (Phi) is 4.99. The van der Waals surface area contributed by atoms with Gasteiger partial charge in [-0.1, -0.05) is 35.9 Å². The number of aryl methyl sites for hydroxylation is 1. The van der Waals surface area contributed by atoms with Crippen LogP contribution in [-0.4, -0.2) is 9.55 Å². The Morgan fingerprint density at radius 3 is 2.52 bits per heavy atom. The van der Waals surface area contributed by atoms with Crippen molar-refractivity contribution >= 4 is 34.7 Å². The molecule has 0 aliphatic heterocycles. The number of hydrogen-bond acceptors (Lipinski definition) is 2. The number of benzene rings is 3. The zero-order valence-corrected chi connectivity index (χ0v) is 16.1. The molecule has 0 N–H and O–H groups in total. The average Bonchev–Trinajstić information content (AvgIpc) is 2.70. The molecule has 0 fully saturated rings. The van der Waals surface area contributed by atoms with Gasteiger partial charge in [0.1, 0.15) is 5.82 Å². The predicted octanol–water partition coefficient (Wildman–Crippen LogP) is 5.80. The summed E-state index contributed by atoms with van der Waals surface area (Å²) in [4.78, 5) is 17.8. The quantitative estimate of drug-likeness (QED) is 0.429. The van der Waals surface area contributed by atoms with Gasteiger partial charge in [0.2, 0.25) is 0 Å². The smallest absolute Gasteiger partial charge is 0.266 e. The summed E-state index contributed by atoms with van der Waals surface area (Å²) in [6.45, 7) is 1.85. The molecule has 0 saturated heterocycles. The van der Waals surface area contributed by atoms with Crippen molar-refractivity contribution in [2.45, 2.75) is 6.92 Å².